The number of carboxylic acids is 1. The van der Waals surface area contributed by atoms with Crippen LogP contribution in [-0.2, 0) is 41.6 Å². The number of ether oxygens (including phenoxy) is 4. The van der Waals surface area contributed by atoms with Gasteiger partial charge in [-0.25, -0.2) is 4.79 Å². The highest BCUT2D eigenvalue weighted by Gasteiger charge is 2.25. The summed E-state index contributed by atoms with van der Waals surface area (Å²) in [6, 6.07) is 5.77. The second-order valence-corrected chi connectivity index (χ2v) is 8.35. The molecule has 2 aromatic rings. The van der Waals surface area contributed by atoms with Gasteiger partial charge in [0.25, 0.3) is 0 Å². The maximum absolute atomic E-state index is 12.7. The predicted molar refractivity (Wildman–Crippen MR) is 133 cm³/mol. The van der Waals surface area contributed by atoms with E-state index >= 15 is 0 Å². The minimum Gasteiger partial charge on any atom is -0.480 e. The van der Waals surface area contributed by atoms with E-state index in [1.165, 1.54) is 43.3 Å². The molecular weight excluding hydrogens is 516 g/mol. The van der Waals surface area contributed by atoms with Gasteiger partial charge in [0.2, 0.25) is 5.91 Å². The molecule has 0 radical (unpaired) electrons. The molecule has 208 valence electrons. The summed E-state index contributed by atoms with van der Waals surface area (Å²) in [5.74, 6) is -4.94. The van der Waals surface area contributed by atoms with Crippen LogP contribution in [0.15, 0.2) is 36.4 Å². The molecule has 0 spiro atoms. The molecule has 0 aromatic heterocycles. The monoisotopic (exact) mass is 544 g/mol. The second kappa shape index (κ2) is 13.7. The first-order valence-electron chi connectivity index (χ1n) is 11.5. The van der Waals surface area contributed by atoms with E-state index < -0.39 is 47.8 Å². The van der Waals surface area contributed by atoms with E-state index in [1.54, 1.807) is 0 Å². The van der Waals surface area contributed by atoms with E-state index in [4.69, 9.17) is 24.7 Å². The molecule has 13 nitrogen and oxygen atoms in total. The quantitative estimate of drug-likeness (QED) is 0.269. The van der Waals surface area contributed by atoms with E-state index in [0.717, 1.165) is 20.8 Å². The molecule has 0 saturated carbocycles. The van der Waals surface area contributed by atoms with E-state index in [-0.39, 0.29) is 35.8 Å². The van der Waals surface area contributed by atoms with Crippen LogP contribution in [0.25, 0.3) is 0 Å². The van der Waals surface area contributed by atoms with E-state index in [0.29, 0.717) is 11.1 Å². The number of hydrogen-bond acceptors (Lipinski definition) is 11. The first-order valence-corrected chi connectivity index (χ1v) is 11.5. The maximum Gasteiger partial charge on any atom is 0.326 e. The highest BCUT2D eigenvalue weighted by atomic mass is 16.6. The van der Waals surface area contributed by atoms with Gasteiger partial charge in [-0.2, -0.15) is 0 Å². The van der Waals surface area contributed by atoms with Gasteiger partial charge >= 0.3 is 29.8 Å². The molecule has 4 N–H and O–H groups in total. The van der Waals surface area contributed by atoms with Crippen LogP contribution >= 0.6 is 0 Å². The van der Waals surface area contributed by atoms with Crippen molar-refractivity contribution in [2.75, 3.05) is 0 Å². The Labute approximate surface area is 223 Å². The van der Waals surface area contributed by atoms with Crippen molar-refractivity contribution in [3.8, 4) is 23.0 Å². The fourth-order valence-electron chi connectivity index (χ4n) is 3.37. The van der Waals surface area contributed by atoms with Crippen LogP contribution in [0.4, 0.5) is 0 Å². The highest BCUT2D eigenvalue weighted by molar-refractivity contribution is 5.87. The first-order chi connectivity index (χ1) is 18.2. The molecule has 39 heavy (non-hydrogen) atoms. The lowest BCUT2D eigenvalue weighted by molar-refractivity contribution is -0.142. The average Bonchev–Trinajstić information content (AvgIpc) is 2.80. The first kappa shape index (κ1) is 30.4. The molecule has 1 amide bonds. The molecule has 0 heterocycles. The summed E-state index contributed by atoms with van der Waals surface area (Å²) in [5.41, 5.74) is 6.81. The number of carbonyl (C=O) groups is 6. The van der Waals surface area contributed by atoms with Crippen molar-refractivity contribution in [2.45, 2.75) is 52.6 Å². The fourth-order valence-corrected chi connectivity index (χ4v) is 3.37. The van der Waals surface area contributed by atoms with Gasteiger partial charge < -0.3 is 35.1 Å². The number of carboxylic acid groups (broad SMARTS) is 1. The third-order valence-electron chi connectivity index (χ3n) is 4.88. The number of benzene rings is 2. The summed E-state index contributed by atoms with van der Waals surface area (Å²) in [6.45, 7) is 4.64. The van der Waals surface area contributed by atoms with Crippen molar-refractivity contribution >= 4 is 35.8 Å². The smallest absolute Gasteiger partial charge is 0.326 e. The van der Waals surface area contributed by atoms with Crippen molar-refractivity contribution in [1.82, 2.24) is 5.32 Å². The van der Waals surface area contributed by atoms with Crippen LogP contribution in [0.3, 0.4) is 0 Å². The van der Waals surface area contributed by atoms with Gasteiger partial charge in [-0.05, 0) is 41.8 Å². The number of carbonyl (C=O) groups excluding carboxylic acids is 5. The Bertz CT molecular complexity index is 1290. The number of nitrogens with one attached hydrogen (secondary N) is 1. The summed E-state index contributed by atoms with van der Waals surface area (Å²) < 4.78 is 20.1. The van der Waals surface area contributed by atoms with Crippen molar-refractivity contribution in [1.29, 1.82) is 0 Å². The highest BCUT2D eigenvalue weighted by Crippen LogP contribution is 2.30. The Balaban J connectivity index is 2.17. The Kier molecular flexibility index (Phi) is 10.7. The van der Waals surface area contributed by atoms with Crippen LogP contribution in [-0.4, -0.2) is 52.9 Å². The number of aliphatic carboxylic acids is 1. The predicted octanol–water partition coefficient (Wildman–Crippen LogP) is 1.07. The Hall–Kier alpha value is -4.78. The van der Waals surface area contributed by atoms with Gasteiger partial charge in [0, 0.05) is 34.1 Å². The van der Waals surface area contributed by atoms with Crippen molar-refractivity contribution in [3.63, 3.8) is 0 Å². The molecule has 2 rings (SSSR count). The van der Waals surface area contributed by atoms with Crippen LogP contribution in [0, 0.1) is 0 Å². The molecule has 0 bridgehead atoms. The number of nitrogens with two attached hydrogens (primary N) is 1. The number of rotatable bonds is 11. The summed E-state index contributed by atoms with van der Waals surface area (Å²) in [4.78, 5) is 70.0. The molecule has 2 unspecified atom stereocenters. The number of hydrogen-bond donors (Lipinski definition) is 3. The van der Waals surface area contributed by atoms with Gasteiger partial charge in [0.1, 0.15) is 6.04 Å². The summed E-state index contributed by atoms with van der Waals surface area (Å²) in [7, 11) is 0. The van der Waals surface area contributed by atoms with Gasteiger partial charge in [0.15, 0.2) is 23.0 Å². The molecule has 0 aliphatic rings. The maximum atomic E-state index is 12.7. The van der Waals surface area contributed by atoms with Crippen molar-refractivity contribution in [3.05, 3.63) is 47.5 Å². The van der Waals surface area contributed by atoms with Crippen LogP contribution in [0.1, 0.15) is 38.8 Å². The van der Waals surface area contributed by atoms with Crippen LogP contribution in [0.5, 0.6) is 23.0 Å². The third-order valence-corrected chi connectivity index (χ3v) is 4.88. The summed E-state index contributed by atoms with van der Waals surface area (Å²) in [5, 5.41) is 12.0. The SMILES string of the molecule is CC(=O)Oc1ccc(CC(N)C(=O)NC(Cc2ccc(OC(C)=O)c(OC(C)=O)c2)C(=O)O)cc1OC(C)=O. The minimum atomic E-state index is -1.41. The summed E-state index contributed by atoms with van der Waals surface area (Å²) in [6.07, 6.45) is -0.281. The number of amides is 1. The van der Waals surface area contributed by atoms with Gasteiger partial charge in [-0.3, -0.25) is 24.0 Å². The van der Waals surface area contributed by atoms with Gasteiger partial charge in [-0.15, -0.1) is 0 Å². The lowest BCUT2D eigenvalue weighted by Crippen LogP contribution is -2.50. The zero-order valence-electron chi connectivity index (χ0n) is 21.6. The van der Waals surface area contributed by atoms with Gasteiger partial charge in [0.05, 0.1) is 6.04 Å². The van der Waals surface area contributed by atoms with Crippen molar-refractivity contribution < 1.29 is 52.8 Å². The molecule has 0 saturated heterocycles. The normalized spacial score (nSPS) is 11.9. The molecule has 0 aliphatic heterocycles. The second-order valence-electron chi connectivity index (χ2n) is 8.35. The topological polar surface area (TPSA) is 198 Å². The Morgan fingerprint density at radius 3 is 1.46 bits per heavy atom. The summed E-state index contributed by atoms with van der Waals surface area (Å²) >= 11 is 0. The lowest BCUT2D eigenvalue weighted by Gasteiger charge is -2.19. The number of esters is 4. The largest absolute Gasteiger partial charge is 0.480 e. The standard InChI is InChI=1S/C26H28N2O11/c1-13(29)36-21-7-5-17(11-23(21)38-15(3)31)9-19(27)25(33)28-20(26(34)35)10-18-6-8-22(37-14(2)30)24(12-18)39-16(4)32/h5-8,11-12,19-20H,9-10,27H2,1-4H3,(H,28,33)(H,34,35). The molecule has 0 aliphatic carbocycles. The molecule has 2 atom stereocenters. The molecular formula is C26H28N2O11. The van der Waals surface area contributed by atoms with E-state index in [1.807, 2.05) is 0 Å². The molecule has 2 aromatic carbocycles. The Morgan fingerprint density at radius 1 is 0.692 bits per heavy atom. The zero-order valence-corrected chi connectivity index (χ0v) is 21.6. The Morgan fingerprint density at radius 2 is 1.08 bits per heavy atom. The van der Waals surface area contributed by atoms with Gasteiger partial charge in [-0.1, -0.05) is 12.1 Å². The van der Waals surface area contributed by atoms with Crippen LogP contribution in [0.2, 0.25) is 0 Å². The minimum absolute atomic E-state index is 0.00161. The average molecular weight is 545 g/mol. The van der Waals surface area contributed by atoms with Crippen molar-refractivity contribution in [2.24, 2.45) is 5.73 Å². The zero-order chi connectivity index (χ0) is 29.3. The van der Waals surface area contributed by atoms with E-state index in [9.17, 15) is 33.9 Å². The fraction of sp³-hybridized carbons (Fsp3) is 0.308. The third kappa shape index (κ3) is 9.89. The van der Waals surface area contributed by atoms with E-state index in [2.05, 4.69) is 5.32 Å². The molecule has 0 fully saturated rings. The molecule has 13 heteroatoms. The lowest BCUT2D eigenvalue weighted by atomic mass is 10.0. The van der Waals surface area contributed by atoms with Crippen LogP contribution < -0.4 is 30.0 Å².